The van der Waals surface area contributed by atoms with Gasteiger partial charge in [-0.3, -0.25) is 14.5 Å². The summed E-state index contributed by atoms with van der Waals surface area (Å²) in [6.07, 6.45) is 2.64. The fourth-order valence-electron chi connectivity index (χ4n) is 5.09. The summed E-state index contributed by atoms with van der Waals surface area (Å²) >= 11 is 1.04. The Morgan fingerprint density at radius 3 is 2.40 bits per heavy atom. The molecule has 0 radical (unpaired) electrons. The lowest BCUT2D eigenvalue weighted by molar-refractivity contribution is 0.0915. The van der Waals surface area contributed by atoms with Gasteiger partial charge < -0.3 is 15.0 Å². The van der Waals surface area contributed by atoms with Gasteiger partial charge in [-0.2, -0.15) is 4.68 Å². The number of halogens is 1. The van der Waals surface area contributed by atoms with Gasteiger partial charge in [-0.25, -0.2) is 9.18 Å². The molecule has 0 saturated carbocycles. The standard InChI is InChI=1S/C31H34FN5O4S/c1-31(2,22-10-6-4-7-11-22)33-27(38)25-20-24-26(34-37(29(24)42-25)30(40)41-19-16-32)35(3)28(39)21-12-14-23(15-13-21)36-17-8-5-9-18-36/h4,6-7,10-15,20H,5,8-9,16-19H2,1-3H3,(H,33,38). The van der Waals surface area contributed by atoms with E-state index in [-0.39, 0.29) is 17.6 Å². The molecule has 0 atom stereocenters. The Labute approximate surface area is 247 Å². The highest BCUT2D eigenvalue weighted by atomic mass is 32.1. The molecule has 5 rings (SSSR count). The second-order valence-corrected chi connectivity index (χ2v) is 11.8. The molecule has 2 aromatic heterocycles. The third-order valence-electron chi connectivity index (χ3n) is 7.42. The Kier molecular flexibility index (Phi) is 8.58. The molecular formula is C31H34FN5O4S. The zero-order valence-corrected chi connectivity index (χ0v) is 24.7. The van der Waals surface area contributed by atoms with Crippen molar-refractivity contribution in [2.24, 2.45) is 0 Å². The van der Waals surface area contributed by atoms with Crippen LogP contribution in [0.15, 0.2) is 60.7 Å². The summed E-state index contributed by atoms with van der Waals surface area (Å²) in [6, 6.07) is 18.6. The molecule has 2 aromatic carbocycles. The highest BCUT2D eigenvalue weighted by Gasteiger charge is 2.29. The largest absolute Gasteiger partial charge is 0.445 e. The second kappa shape index (κ2) is 12.3. The van der Waals surface area contributed by atoms with Crippen molar-refractivity contribution in [2.45, 2.75) is 38.6 Å². The number of ether oxygens (including phenoxy) is 1. The van der Waals surface area contributed by atoms with Gasteiger partial charge in [0.25, 0.3) is 11.8 Å². The molecule has 2 amide bonds. The lowest BCUT2D eigenvalue weighted by Crippen LogP contribution is -2.40. The van der Waals surface area contributed by atoms with Crippen molar-refractivity contribution in [3.05, 3.63) is 76.7 Å². The van der Waals surface area contributed by atoms with Crippen molar-refractivity contribution in [1.29, 1.82) is 0 Å². The summed E-state index contributed by atoms with van der Waals surface area (Å²) < 4.78 is 18.7. The van der Waals surface area contributed by atoms with Crippen LogP contribution in [0.2, 0.25) is 0 Å². The van der Waals surface area contributed by atoms with Crippen molar-refractivity contribution in [2.75, 3.05) is 43.2 Å². The lowest BCUT2D eigenvalue weighted by Gasteiger charge is -2.29. The van der Waals surface area contributed by atoms with Gasteiger partial charge in [-0.1, -0.05) is 30.3 Å². The first-order chi connectivity index (χ1) is 20.2. The summed E-state index contributed by atoms with van der Waals surface area (Å²) in [5.41, 5.74) is 1.79. The van der Waals surface area contributed by atoms with Gasteiger partial charge in [0.05, 0.1) is 15.8 Å². The van der Waals surface area contributed by atoms with E-state index < -0.39 is 24.9 Å². The molecule has 1 saturated heterocycles. The molecule has 0 unspecified atom stereocenters. The number of piperidine rings is 1. The number of aromatic nitrogens is 2. The third kappa shape index (κ3) is 6.01. The second-order valence-electron chi connectivity index (χ2n) is 10.8. The van der Waals surface area contributed by atoms with E-state index in [1.807, 2.05) is 56.3 Å². The molecule has 42 heavy (non-hydrogen) atoms. The van der Waals surface area contributed by atoms with Gasteiger partial charge in [0.15, 0.2) is 5.82 Å². The first-order valence-corrected chi connectivity index (χ1v) is 14.8. The van der Waals surface area contributed by atoms with E-state index in [2.05, 4.69) is 15.3 Å². The number of benzene rings is 2. The number of thiophene rings is 1. The smallest absolute Gasteiger partial charge is 0.436 e. The van der Waals surface area contributed by atoms with E-state index in [1.54, 1.807) is 25.2 Å². The normalized spacial score (nSPS) is 13.7. The van der Waals surface area contributed by atoms with Gasteiger partial charge >= 0.3 is 6.09 Å². The minimum Gasteiger partial charge on any atom is -0.445 e. The number of carbonyl (C=O) groups excluding carboxylic acids is 3. The summed E-state index contributed by atoms with van der Waals surface area (Å²) in [5.74, 6) is -0.488. The summed E-state index contributed by atoms with van der Waals surface area (Å²) in [5, 5.41) is 7.83. The predicted molar refractivity (Wildman–Crippen MR) is 163 cm³/mol. The molecule has 11 heteroatoms. The van der Waals surface area contributed by atoms with Crippen LogP contribution in [0.1, 0.15) is 58.7 Å². The molecule has 4 aromatic rings. The zero-order valence-electron chi connectivity index (χ0n) is 23.9. The molecule has 1 aliphatic rings. The number of fused-ring (bicyclic) bond motifs is 1. The maximum absolute atomic E-state index is 13.5. The Morgan fingerprint density at radius 2 is 1.74 bits per heavy atom. The van der Waals surface area contributed by atoms with E-state index in [1.165, 1.54) is 11.3 Å². The molecule has 1 aliphatic heterocycles. The SMILES string of the molecule is CN(C(=O)c1ccc(N2CCCCC2)cc1)c1nn(C(=O)OCCF)c2sc(C(=O)NC(C)(C)c3ccccc3)cc12. The predicted octanol–water partition coefficient (Wildman–Crippen LogP) is 5.98. The van der Waals surface area contributed by atoms with Crippen molar-refractivity contribution in [1.82, 2.24) is 15.1 Å². The van der Waals surface area contributed by atoms with Crippen LogP contribution in [0.3, 0.4) is 0 Å². The first-order valence-electron chi connectivity index (χ1n) is 14.0. The molecule has 1 fully saturated rings. The van der Waals surface area contributed by atoms with E-state index >= 15 is 0 Å². The van der Waals surface area contributed by atoms with Crippen LogP contribution >= 0.6 is 11.3 Å². The molecular weight excluding hydrogens is 557 g/mol. The minimum absolute atomic E-state index is 0.185. The Morgan fingerprint density at radius 1 is 1.05 bits per heavy atom. The molecule has 1 N–H and O–H groups in total. The van der Waals surface area contributed by atoms with E-state index in [0.29, 0.717) is 20.7 Å². The monoisotopic (exact) mass is 591 g/mol. The fraction of sp³-hybridized carbons (Fsp3) is 0.355. The molecule has 220 valence electrons. The number of hydrogen-bond donors (Lipinski definition) is 1. The Balaban J connectivity index is 1.44. The minimum atomic E-state index is -0.894. The lowest BCUT2D eigenvalue weighted by atomic mass is 9.94. The van der Waals surface area contributed by atoms with Gasteiger partial charge in [-0.05, 0) is 69.0 Å². The van der Waals surface area contributed by atoms with Crippen LogP contribution < -0.4 is 15.1 Å². The van der Waals surface area contributed by atoms with Crippen molar-refractivity contribution in [3.8, 4) is 0 Å². The number of nitrogens with zero attached hydrogens (tertiary/aromatic N) is 4. The van der Waals surface area contributed by atoms with E-state index in [0.717, 1.165) is 53.2 Å². The Bertz CT molecular complexity index is 1580. The van der Waals surface area contributed by atoms with Gasteiger partial charge in [0, 0.05) is 31.4 Å². The molecule has 0 bridgehead atoms. The molecule has 9 nitrogen and oxygen atoms in total. The number of alkyl halides is 1. The molecule has 3 heterocycles. The van der Waals surface area contributed by atoms with Crippen molar-refractivity contribution < 1.29 is 23.5 Å². The molecule has 0 aliphatic carbocycles. The highest BCUT2D eigenvalue weighted by molar-refractivity contribution is 7.20. The first kappa shape index (κ1) is 29.2. The van der Waals surface area contributed by atoms with Crippen molar-refractivity contribution in [3.63, 3.8) is 0 Å². The van der Waals surface area contributed by atoms with Gasteiger partial charge in [0.2, 0.25) is 0 Å². The third-order valence-corrected chi connectivity index (χ3v) is 8.53. The summed E-state index contributed by atoms with van der Waals surface area (Å²) in [4.78, 5) is 44.0. The van der Waals surface area contributed by atoms with Crippen LogP contribution in [0, 0.1) is 0 Å². The quantitative estimate of drug-likeness (QED) is 0.271. The number of rotatable bonds is 8. The highest BCUT2D eigenvalue weighted by Crippen LogP contribution is 2.35. The number of amides is 2. The topological polar surface area (TPSA) is 96.8 Å². The van der Waals surface area contributed by atoms with Crippen LogP contribution in [-0.2, 0) is 10.3 Å². The van der Waals surface area contributed by atoms with E-state index in [4.69, 9.17) is 4.74 Å². The van der Waals surface area contributed by atoms with E-state index in [9.17, 15) is 18.8 Å². The average Bonchev–Trinajstić information content (AvgIpc) is 3.60. The van der Waals surface area contributed by atoms with Crippen LogP contribution in [0.25, 0.3) is 10.2 Å². The zero-order chi connectivity index (χ0) is 29.9. The summed E-state index contributed by atoms with van der Waals surface area (Å²) in [6.45, 7) is 4.52. The number of hydrogen-bond acceptors (Lipinski definition) is 7. The average molecular weight is 592 g/mol. The molecule has 0 spiro atoms. The van der Waals surface area contributed by atoms with Crippen molar-refractivity contribution >= 4 is 51.0 Å². The number of anilines is 2. The van der Waals surface area contributed by atoms with Crippen LogP contribution in [0.5, 0.6) is 0 Å². The Hall–Kier alpha value is -4.25. The number of nitrogens with one attached hydrogen (secondary N) is 1. The summed E-state index contributed by atoms with van der Waals surface area (Å²) in [7, 11) is 1.57. The number of carbonyl (C=O) groups is 3. The van der Waals surface area contributed by atoms with Gasteiger partial charge in [-0.15, -0.1) is 16.4 Å². The maximum Gasteiger partial charge on any atom is 0.436 e. The van der Waals surface area contributed by atoms with Gasteiger partial charge in [0.1, 0.15) is 18.1 Å². The maximum atomic E-state index is 13.5. The van der Waals surface area contributed by atoms with Crippen LogP contribution in [0.4, 0.5) is 20.7 Å². The fourth-order valence-corrected chi connectivity index (χ4v) is 6.08. The van der Waals surface area contributed by atoms with Crippen LogP contribution in [-0.4, -0.2) is 61.1 Å².